The zero-order valence-corrected chi connectivity index (χ0v) is 9.71. The molecule has 1 saturated carbocycles. The molecule has 14 heavy (non-hydrogen) atoms. The lowest BCUT2D eigenvalue weighted by Gasteiger charge is -2.19. The lowest BCUT2D eigenvalue weighted by molar-refractivity contribution is 0.110. The Bertz CT molecular complexity index is 141. The zero-order valence-electron chi connectivity index (χ0n) is 9.71. The Balaban J connectivity index is 0.000000379. The van der Waals surface area contributed by atoms with Gasteiger partial charge in [0, 0.05) is 0 Å². The minimum absolute atomic E-state index is 0.0706. The van der Waals surface area contributed by atoms with Crippen LogP contribution in [-0.2, 0) is 9.47 Å². The summed E-state index contributed by atoms with van der Waals surface area (Å²) >= 11 is 0. The molecule has 0 amide bonds. The molecule has 3 heteroatoms. The molecule has 2 unspecified atom stereocenters. The van der Waals surface area contributed by atoms with E-state index in [9.17, 15) is 4.79 Å². The van der Waals surface area contributed by atoms with Crippen LogP contribution in [-0.4, -0.2) is 18.4 Å². The number of carbonyl (C=O) groups is 1. The van der Waals surface area contributed by atoms with E-state index in [0.717, 1.165) is 25.7 Å². The second-order valence-electron chi connectivity index (χ2n) is 2.85. The highest BCUT2D eigenvalue weighted by Crippen LogP contribution is 2.28. The van der Waals surface area contributed by atoms with Crippen LogP contribution in [0.5, 0.6) is 0 Å². The van der Waals surface area contributed by atoms with Crippen molar-refractivity contribution in [1.82, 2.24) is 0 Å². The van der Waals surface area contributed by atoms with Crippen molar-refractivity contribution in [2.24, 2.45) is 0 Å². The summed E-state index contributed by atoms with van der Waals surface area (Å²) in [5.74, 6) is 0. The van der Waals surface area contributed by atoms with Gasteiger partial charge in [-0.05, 0) is 25.7 Å². The van der Waals surface area contributed by atoms with Gasteiger partial charge in [0.1, 0.15) is 12.2 Å². The number of rotatable bonds is 0. The molecule has 0 aromatic rings. The third kappa shape index (κ3) is 3.56. The average molecular weight is 202 g/mol. The molecule has 2 aliphatic rings. The van der Waals surface area contributed by atoms with Crippen molar-refractivity contribution >= 4 is 6.16 Å². The number of carbonyl (C=O) groups excluding carboxylic acids is 1. The van der Waals surface area contributed by atoms with E-state index in [4.69, 9.17) is 9.47 Å². The number of fused-ring (bicyclic) bond motifs is 1. The third-order valence-electron chi connectivity index (χ3n) is 2.14. The van der Waals surface area contributed by atoms with Gasteiger partial charge < -0.3 is 9.47 Å². The number of hydrogen-bond acceptors (Lipinski definition) is 3. The summed E-state index contributed by atoms with van der Waals surface area (Å²) < 4.78 is 9.81. The molecule has 1 heterocycles. The molecule has 2 atom stereocenters. The Morgan fingerprint density at radius 3 is 1.64 bits per heavy atom. The summed E-state index contributed by atoms with van der Waals surface area (Å²) in [5, 5.41) is 0. The molecular formula is C11H22O3. The first-order valence-corrected chi connectivity index (χ1v) is 5.73. The van der Waals surface area contributed by atoms with E-state index >= 15 is 0 Å². The molecule has 84 valence electrons. The fourth-order valence-corrected chi connectivity index (χ4v) is 1.61. The van der Waals surface area contributed by atoms with Gasteiger partial charge in [0.15, 0.2) is 0 Å². The standard InChI is InChI=1S/C7H10O3.2C2H6/c8-7-9-5-3-1-2-4-6(5)10-7;2*1-2/h5-6H,1-4H2;2*1-2H3. The number of ether oxygens (including phenoxy) is 2. The molecule has 3 nitrogen and oxygen atoms in total. The zero-order chi connectivity index (χ0) is 11.0. The fourth-order valence-electron chi connectivity index (χ4n) is 1.61. The predicted molar refractivity (Wildman–Crippen MR) is 56.3 cm³/mol. The summed E-state index contributed by atoms with van der Waals surface area (Å²) in [4.78, 5) is 10.6. The van der Waals surface area contributed by atoms with Gasteiger partial charge in [-0.2, -0.15) is 0 Å². The van der Waals surface area contributed by atoms with Crippen molar-refractivity contribution in [3.8, 4) is 0 Å². The molecule has 1 aliphatic heterocycles. The van der Waals surface area contributed by atoms with Gasteiger partial charge in [0.05, 0.1) is 0 Å². The second-order valence-corrected chi connectivity index (χ2v) is 2.85. The van der Waals surface area contributed by atoms with E-state index in [1.807, 2.05) is 27.7 Å². The van der Waals surface area contributed by atoms with Crippen molar-refractivity contribution in [2.45, 2.75) is 65.6 Å². The lowest BCUT2D eigenvalue weighted by atomic mass is 9.95. The molecule has 2 rings (SSSR count). The Kier molecular flexibility index (Phi) is 7.25. The molecule has 0 bridgehead atoms. The molecule has 1 saturated heterocycles. The van der Waals surface area contributed by atoms with Crippen LogP contribution in [0.3, 0.4) is 0 Å². The third-order valence-corrected chi connectivity index (χ3v) is 2.14. The maximum absolute atomic E-state index is 10.6. The van der Waals surface area contributed by atoms with Crippen LogP contribution in [0.25, 0.3) is 0 Å². The highest BCUT2D eigenvalue weighted by atomic mass is 16.8. The van der Waals surface area contributed by atoms with E-state index in [1.165, 1.54) is 0 Å². The summed E-state index contributed by atoms with van der Waals surface area (Å²) in [5.41, 5.74) is 0. The SMILES string of the molecule is CC.CC.O=C1OC2CCCCC2O1. The highest BCUT2D eigenvalue weighted by molar-refractivity contribution is 5.62. The summed E-state index contributed by atoms with van der Waals surface area (Å²) in [6, 6.07) is 0. The Labute approximate surface area is 86.8 Å². The van der Waals surface area contributed by atoms with Gasteiger partial charge in [-0.3, -0.25) is 0 Å². The Morgan fingerprint density at radius 1 is 0.929 bits per heavy atom. The van der Waals surface area contributed by atoms with Gasteiger partial charge >= 0.3 is 6.16 Å². The summed E-state index contributed by atoms with van der Waals surface area (Å²) in [6.45, 7) is 8.00. The van der Waals surface area contributed by atoms with Crippen LogP contribution in [0.4, 0.5) is 4.79 Å². The van der Waals surface area contributed by atoms with Crippen LogP contribution in [0.1, 0.15) is 53.4 Å². The Hall–Kier alpha value is -0.730. The molecule has 0 aromatic carbocycles. The predicted octanol–water partition coefficient (Wildman–Crippen LogP) is 3.52. The minimum Gasteiger partial charge on any atom is -0.427 e. The molecule has 0 aromatic heterocycles. The number of hydrogen-bond donors (Lipinski definition) is 0. The van der Waals surface area contributed by atoms with E-state index in [0.29, 0.717) is 0 Å². The maximum Gasteiger partial charge on any atom is 0.509 e. The van der Waals surface area contributed by atoms with Gasteiger partial charge in [-0.25, -0.2) is 4.79 Å². The first-order valence-electron chi connectivity index (χ1n) is 5.73. The maximum atomic E-state index is 10.6. The van der Waals surface area contributed by atoms with Crippen LogP contribution in [0.2, 0.25) is 0 Å². The van der Waals surface area contributed by atoms with Gasteiger partial charge in [0.25, 0.3) is 0 Å². The first-order chi connectivity index (χ1) is 6.86. The summed E-state index contributed by atoms with van der Waals surface area (Å²) in [6.07, 6.45) is 3.96. The topological polar surface area (TPSA) is 35.5 Å². The monoisotopic (exact) mass is 202 g/mol. The molecule has 0 N–H and O–H groups in total. The summed E-state index contributed by atoms with van der Waals surface area (Å²) in [7, 11) is 0. The molecule has 0 radical (unpaired) electrons. The van der Waals surface area contributed by atoms with Crippen LogP contribution >= 0.6 is 0 Å². The van der Waals surface area contributed by atoms with E-state index in [2.05, 4.69) is 0 Å². The van der Waals surface area contributed by atoms with E-state index < -0.39 is 6.16 Å². The quantitative estimate of drug-likeness (QED) is 0.564. The normalized spacial score (nSPS) is 28.1. The van der Waals surface area contributed by atoms with Crippen molar-refractivity contribution < 1.29 is 14.3 Å². The van der Waals surface area contributed by atoms with Crippen molar-refractivity contribution in [3.05, 3.63) is 0 Å². The van der Waals surface area contributed by atoms with Crippen LogP contribution in [0, 0.1) is 0 Å². The molecular weight excluding hydrogens is 180 g/mol. The van der Waals surface area contributed by atoms with Crippen molar-refractivity contribution in [2.75, 3.05) is 0 Å². The van der Waals surface area contributed by atoms with Crippen molar-refractivity contribution in [1.29, 1.82) is 0 Å². The van der Waals surface area contributed by atoms with Crippen molar-refractivity contribution in [3.63, 3.8) is 0 Å². The average Bonchev–Trinajstić information content (AvgIpc) is 2.64. The minimum atomic E-state index is -0.475. The molecule has 1 aliphatic carbocycles. The van der Waals surface area contributed by atoms with Gasteiger partial charge in [-0.1, -0.05) is 27.7 Å². The highest BCUT2D eigenvalue weighted by Gasteiger charge is 2.37. The van der Waals surface area contributed by atoms with Gasteiger partial charge in [0.2, 0.25) is 0 Å². The first kappa shape index (κ1) is 13.3. The molecule has 0 spiro atoms. The van der Waals surface area contributed by atoms with E-state index in [1.54, 1.807) is 0 Å². The molecule has 2 fully saturated rings. The van der Waals surface area contributed by atoms with Crippen LogP contribution in [0.15, 0.2) is 0 Å². The second kappa shape index (κ2) is 7.65. The Morgan fingerprint density at radius 2 is 1.29 bits per heavy atom. The largest absolute Gasteiger partial charge is 0.509 e. The van der Waals surface area contributed by atoms with Gasteiger partial charge in [-0.15, -0.1) is 0 Å². The smallest absolute Gasteiger partial charge is 0.427 e. The lowest BCUT2D eigenvalue weighted by Crippen LogP contribution is -2.25. The van der Waals surface area contributed by atoms with Crippen LogP contribution < -0.4 is 0 Å². The fraction of sp³-hybridized carbons (Fsp3) is 0.909. The van der Waals surface area contributed by atoms with E-state index in [-0.39, 0.29) is 12.2 Å².